The van der Waals surface area contributed by atoms with Crippen LogP contribution in [0.15, 0.2) is 24.8 Å². The number of nitrogens with zero attached hydrogens (tertiary/aromatic N) is 4. The van der Waals surface area contributed by atoms with Gasteiger partial charge in [-0.05, 0) is 0 Å². The minimum atomic E-state index is -5.46. The predicted octanol–water partition coefficient (Wildman–Crippen LogP) is 4.89. The van der Waals surface area contributed by atoms with Crippen LogP contribution in [0.1, 0.15) is 5.69 Å². The first-order valence-electron chi connectivity index (χ1n) is 7.88. The summed E-state index contributed by atoms with van der Waals surface area (Å²) in [6, 6.07) is 0.553. The van der Waals surface area contributed by atoms with E-state index in [9.17, 15) is 45.6 Å². The highest BCUT2D eigenvalue weighted by molar-refractivity contribution is 6.33. The molecule has 0 radical (unpaired) electrons. The van der Waals surface area contributed by atoms with E-state index in [4.69, 9.17) is 11.6 Å². The van der Waals surface area contributed by atoms with Crippen LogP contribution in [-0.4, -0.2) is 33.3 Å². The molecule has 15 heteroatoms. The molecule has 0 aliphatic carbocycles. The number of aromatic nitrogens is 2. The number of amides is 1. The van der Waals surface area contributed by atoms with E-state index in [1.54, 1.807) is 0 Å². The average Bonchev–Trinajstić information content (AvgIpc) is 2.92. The lowest BCUT2D eigenvalue weighted by molar-refractivity contribution is -0.384. The highest BCUT2D eigenvalue weighted by atomic mass is 35.5. The van der Waals surface area contributed by atoms with Gasteiger partial charge in [-0.1, -0.05) is 17.7 Å². The number of halogens is 8. The number of benzene rings is 1. The van der Waals surface area contributed by atoms with Gasteiger partial charge in [0, 0.05) is 31.3 Å². The number of hydrogen-bond acceptors (Lipinski definition) is 4. The molecule has 1 heterocycles. The molecular formula is C16H10ClF7N4O3. The van der Waals surface area contributed by atoms with E-state index in [0.717, 1.165) is 13.1 Å². The third-order valence-corrected chi connectivity index (χ3v) is 4.22. The van der Waals surface area contributed by atoms with Crippen LogP contribution in [0.4, 0.5) is 42.1 Å². The molecule has 0 spiro atoms. The van der Waals surface area contributed by atoms with E-state index in [-0.39, 0.29) is 15.6 Å². The summed E-state index contributed by atoms with van der Waals surface area (Å²) in [5.41, 5.74) is -5.48. The third kappa shape index (κ3) is 4.62. The zero-order valence-electron chi connectivity index (χ0n) is 15.2. The number of nitro groups is 1. The van der Waals surface area contributed by atoms with Crippen molar-refractivity contribution in [2.75, 3.05) is 11.4 Å². The van der Waals surface area contributed by atoms with Crippen molar-refractivity contribution in [3.8, 4) is 11.3 Å². The Morgan fingerprint density at radius 1 is 1.32 bits per heavy atom. The van der Waals surface area contributed by atoms with Gasteiger partial charge in [-0.2, -0.15) is 31.4 Å². The lowest BCUT2D eigenvalue weighted by Crippen LogP contribution is -2.41. The number of carbonyl (C=O) groups is 1. The Kier molecular flexibility index (Phi) is 6.35. The number of anilines is 1. The van der Waals surface area contributed by atoms with Crippen LogP contribution < -0.4 is 4.90 Å². The first-order valence-corrected chi connectivity index (χ1v) is 8.26. The molecule has 0 unspecified atom stereocenters. The van der Waals surface area contributed by atoms with Crippen LogP contribution >= 0.6 is 11.6 Å². The zero-order valence-corrected chi connectivity index (χ0v) is 15.9. The van der Waals surface area contributed by atoms with E-state index in [2.05, 4.69) is 11.7 Å². The van der Waals surface area contributed by atoms with E-state index in [0.29, 0.717) is 6.07 Å². The van der Waals surface area contributed by atoms with Crippen LogP contribution in [0.2, 0.25) is 5.02 Å². The minimum Gasteiger partial charge on any atom is -0.295 e. The second kappa shape index (κ2) is 8.17. The van der Waals surface area contributed by atoms with E-state index >= 15 is 0 Å². The summed E-state index contributed by atoms with van der Waals surface area (Å²) >= 11 is 5.65. The fraction of sp³-hybridized carbons (Fsp3) is 0.250. The summed E-state index contributed by atoms with van der Waals surface area (Å²) in [6.07, 6.45) is -9.65. The van der Waals surface area contributed by atoms with Gasteiger partial charge >= 0.3 is 18.3 Å². The van der Waals surface area contributed by atoms with Crippen LogP contribution in [0.5, 0.6) is 0 Å². The van der Waals surface area contributed by atoms with E-state index < -0.39 is 68.9 Å². The SMILES string of the molecule is C=CCN(C(=O)C(F)(F)F)c1cc(F)c(-c2nn(C)c(C(F)(F)F)c2Cl)cc1[N+](=O)[O-]. The van der Waals surface area contributed by atoms with Gasteiger partial charge in [0.15, 0.2) is 5.69 Å². The quantitative estimate of drug-likeness (QED) is 0.267. The summed E-state index contributed by atoms with van der Waals surface area (Å²) in [5.74, 6) is -4.05. The van der Waals surface area contributed by atoms with Gasteiger partial charge in [0.05, 0.1) is 9.95 Å². The molecule has 1 aromatic carbocycles. The molecule has 1 amide bonds. The first-order chi connectivity index (χ1) is 14.1. The number of aryl methyl sites for hydroxylation is 1. The first kappa shape index (κ1) is 24.1. The molecule has 0 saturated carbocycles. The topological polar surface area (TPSA) is 81.3 Å². The molecule has 0 atom stereocenters. The monoisotopic (exact) mass is 474 g/mol. The Morgan fingerprint density at radius 3 is 2.32 bits per heavy atom. The molecule has 0 aliphatic heterocycles. The number of carbonyl (C=O) groups excluding carboxylic acids is 1. The van der Waals surface area contributed by atoms with Gasteiger partial charge in [0.1, 0.15) is 17.2 Å². The van der Waals surface area contributed by atoms with Gasteiger partial charge in [0.25, 0.3) is 5.69 Å². The highest BCUT2D eigenvalue weighted by Gasteiger charge is 2.45. The fourth-order valence-corrected chi connectivity index (χ4v) is 3.02. The van der Waals surface area contributed by atoms with Crippen molar-refractivity contribution in [1.82, 2.24) is 9.78 Å². The van der Waals surface area contributed by atoms with E-state index in [1.807, 2.05) is 0 Å². The maximum Gasteiger partial charge on any atom is 0.471 e. The number of nitro benzene ring substituents is 1. The molecule has 7 nitrogen and oxygen atoms in total. The summed E-state index contributed by atoms with van der Waals surface area (Å²) in [6.45, 7) is 2.26. The second-order valence-electron chi connectivity index (χ2n) is 5.91. The number of hydrogen-bond donors (Lipinski definition) is 0. The Hall–Kier alpha value is -3.16. The molecule has 2 aromatic rings. The Morgan fingerprint density at radius 2 is 1.90 bits per heavy atom. The number of alkyl halides is 6. The molecule has 2 rings (SSSR count). The second-order valence-corrected chi connectivity index (χ2v) is 6.29. The standard InChI is InChI=1S/C16H10ClF7N4O3/c1-3-4-27(14(29)16(22,23)24)9-6-8(18)7(5-10(9)28(30)31)12-11(17)13(15(19,20)21)26(2)25-12/h3,5-6H,1,4H2,2H3. The molecule has 168 valence electrons. The summed E-state index contributed by atoms with van der Waals surface area (Å²) in [4.78, 5) is 21.7. The van der Waals surface area contributed by atoms with Crippen molar-refractivity contribution in [3.63, 3.8) is 0 Å². The Labute approximate surface area is 173 Å². The van der Waals surface area contributed by atoms with Crippen LogP contribution in [0.3, 0.4) is 0 Å². The average molecular weight is 475 g/mol. The van der Waals surface area contributed by atoms with Crippen molar-refractivity contribution < 1.29 is 40.5 Å². The zero-order chi connectivity index (χ0) is 23.9. The van der Waals surface area contributed by atoms with Gasteiger partial charge < -0.3 is 0 Å². The lowest BCUT2D eigenvalue weighted by Gasteiger charge is -2.22. The summed E-state index contributed by atoms with van der Waals surface area (Å²) < 4.78 is 92.9. The maximum absolute atomic E-state index is 14.7. The van der Waals surface area contributed by atoms with Crippen LogP contribution in [-0.2, 0) is 18.0 Å². The van der Waals surface area contributed by atoms with E-state index in [1.165, 1.54) is 0 Å². The molecule has 1 aromatic heterocycles. The third-order valence-electron chi connectivity index (χ3n) is 3.86. The normalized spacial score (nSPS) is 12.0. The lowest BCUT2D eigenvalue weighted by atomic mass is 10.1. The van der Waals surface area contributed by atoms with Crippen molar-refractivity contribution in [1.29, 1.82) is 0 Å². The van der Waals surface area contributed by atoms with Crippen molar-refractivity contribution in [2.24, 2.45) is 7.05 Å². The van der Waals surface area contributed by atoms with Crippen LogP contribution in [0, 0.1) is 15.9 Å². The summed E-state index contributed by atoms with van der Waals surface area (Å²) in [7, 11) is 0.840. The van der Waals surface area contributed by atoms with Gasteiger partial charge in [-0.3, -0.25) is 24.5 Å². The molecule has 0 fully saturated rings. The molecular weight excluding hydrogens is 465 g/mol. The van der Waals surface area contributed by atoms with Crippen molar-refractivity contribution in [2.45, 2.75) is 12.4 Å². The molecule has 0 saturated heterocycles. The van der Waals surface area contributed by atoms with Crippen molar-refractivity contribution in [3.05, 3.63) is 51.4 Å². The van der Waals surface area contributed by atoms with Crippen molar-refractivity contribution >= 4 is 28.9 Å². The van der Waals surface area contributed by atoms with Gasteiger partial charge in [0.2, 0.25) is 0 Å². The number of rotatable bonds is 5. The molecule has 31 heavy (non-hydrogen) atoms. The minimum absolute atomic E-state index is 0.140. The predicted molar refractivity (Wildman–Crippen MR) is 93.9 cm³/mol. The molecule has 0 aliphatic rings. The van der Waals surface area contributed by atoms with Gasteiger partial charge in [-0.15, -0.1) is 6.58 Å². The Balaban J connectivity index is 2.78. The van der Waals surface area contributed by atoms with Gasteiger partial charge in [-0.25, -0.2) is 4.39 Å². The largest absolute Gasteiger partial charge is 0.471 e. The maximum atomic E-state index is 14.7. The molecule has 0 bridgehead atoms. The fourth-order valence-electron chi connectivity index (χ4n) is 2.65. The highest BCUT2D eigenvalue weighted by Crippen LogP contribution is 2.43. The Bertz CT molecular complexity index is 1060. The smallest absolute Gasteiger partial charge is 0.295 e. The van der Waals surface area contributed by atoms with Crippen LogP contribution in [0.25, 0.3) is 11.3 Å². The summed E-state index contributed by atoms with van der Waals surface area (Å²) in [5, 5.41) is 13.8. The molecule has 0 N–H and O–H groups in total.